The zero-order chi connectivity index (χ0) is 13.1. The molecule has 0 amide bonds. The highest BCUT2D eigenvalue weighted by atomic mass is 16.3. The SMILES string of the molecule is CCN(CC)CCCN(CC)CC(O)CNC. The fourth-order valence-electron chi connectivity index (χ4n) is 2.03. The molecule has 2 N–H and O–H groups in total. The van der Waals surface area contributed by atoms with Gasteiger partial charge >= 0.3 is 0 Å². The molecule has 0 saturated heterocycles. The van der Waals surface area contributed by atoms with Gasteiger partial charge in [-0.25, -0.2) is 0 Å². The van der Waals surface area contributed by atoms with Crippen LogP contribution in [0.2, 0.25) is 0 Å². The Bertz CT molecular complexity index is 163. The second kappa shape index (κ2) is 11.0. The molecule has 104 valence electrons. The summed E-state index contributed by atoms with van der Waals surface area (Å²) in [5.41, 5.74) is 0. The topological polar surface area (TPSA) is 38.7 Å². The number of aliphatic hydroxyl groups is 1. The highest BCUT2D eigenvalue weighted by Crippen LogP contribution is 1.97. The quantitative estimate of drug-likeness (QED) is 0.560. The summed E-state index contributed by atoms with van der Waals surface area (Å²) >= 11 is 0. The van der Waals surface area contributed by atoms with Crippen molar-refractivity contribution in [2.75, 3.05) is 52.9 Å². The minimum Gasteiger partial charge on any atom is -0.390 e. The van der Waals surface area contributed by atoms with Crippen LogP contribution in [-0.2, 0) is 0 Å². The number of nitrogens with one attached hydrogen (secondary N) is 1. The molecule has 4 heteroatoms. The molecule has 0 aliphatic heterocycles. The molecular formula is C13H31N3O. The molecule has 0 radical (unpaired) electrons. The van der Waals surface area contributed by atoms with Crippen LogP contribution < -0.4 is 5.32 Å². The minimum atomic E-state index is -0.256. The van der Waals surface area contributed by atoms with Crippen molar-refractivity contribution in [2.45, 2.75) is 33.3 Å². The van der Waals surface area contributed by atoms with Gasteiger partial charge < -0.3 is 20.2 Å². The zero-order valence-electron chi connectivity index (χ0n) is 12.1. The lowest BCUT2D eigenvalue weighted by Gasteiger charge is -2.25. The Morgan fingerprint density at radius 2 is 1.53 bits per heavy atom. The molecule has 0 aromatic carbocycles. The second-order valence-electron chi connectivity index (χ2n) is 4.49. The molecule has 17 heavy (non-hydrogen) atoms. The van der Waals surface area contributed by atoms with Gasteiger partial charge in [0.2, 0.25) is 0 Å². The number of nitrogens with zero attached hydrogens (tertiary/aromatic N) is 2. The lowest BCUT2D eigenvalue weighted by molar-refractivity contribution is 0.113. The van der Waals surface area contributed by atoms with Crippen molar-refractivity contribution in [3.63, 3.8) is 0 Å². The third kappa shape index (κ3) is 8.55. The first-order chi connectivity index (χ1) is 8.17. The summed E-state index contributed by atoms with van der Waals surface area (Å²) in [6, 6.07) is 0. The summed E-state index contributed by atoms with van der Waals surface area (Å²) in [6.45, 7) is 13.5. The van der Waals surface area contributed by atoms with Crippen LogP contribution in [0, 0.1) is 0 Å². The fraction of sp³-hybridized carbons (Fsp3) is 1.00. The second-order valence-corrected chi connectivity index (χ2v) is 4.49. The summed E-state index contributed by atoms with van der Waals surface area (Å²) in [5.74, 6) is 0. The Labute approximate surface area is 107 Å². The maximum atomic E-state index is 9.74. The van der Waals surface area contributed by atoms with E-state index in [4.69, 9.17) is 0 Å². The van der Waals surface area contributed by atoms with E-state index in [0.717, 1.165) is 39.3 Å². The van der Waals surface area contributed by atoms with Gasteiger partial charge in [0.05, 0.1) is 6.10 Å². The minimum absolute atomic E-state index is 0.256. The van der Waals surface area contributed by atoms with Crippen molar-refractivity contribution >= 4 is 0 Å². The van der Waals surface area contributed by atoms with E-state index in [0.29, 0.717) is 6.54 Å². The molecule has 4 nitrogen and oxygen atoms in total. The van der Waals surface area contributed by atoms with Crippen molar-refractivity contribution in [2.24, 2.45) is 0 Å². The Hall–Kier alpha value is -0.160. The van der Waals surface area contributed by atoms with Crippen LogP contribution in [0.4, 0.5) is 0 Å². The lowest BCUT2D eigenvalue weighted by atomic mass is 10.3. The van der Waals surface area contributed by atoms with Gasteiger partial charge in [-0.2, -0.15) is 0 Å². The number of hydrogen-bond acceptors (Lipinski definition) is 4. The van der Waals surface area contributed by atoms with Crippen molar-refractivity contribution in [1.82, 2.24) is 15.1 Å². The van der Waals surface area contributed by atoms with Gasteiger partial charge in [0.1, 0.15) is 0 Å². The maximum Gasteiger partial charge on any atom is 0.0791 e. The van der Waals surface area contributed by atoms with Crippen LogP contribution in [-0.4, -0.2) is 73.9 Å². The zero-order valence-corrected chi connectivity index (χ0v) is 12.1. The van der Waals surface area contributed by atoms with E-state index in [2.05, 4.69) is 35.9 Å². The molecule has 0 fully saturated rings. The molecule has 0 aliphatic rings. The molecule has 0 aliphatic carbocycles. The largest absolute Gasteiger partial charge is 0.390 e. The van der Waals surface area contributed by atoms with E-state index in [1.807, 2.05) is 7.05 Å². The Morgan fingerprint density at radius 3 is 2.00 bits per heavy atom. The Kier molecular flexibility index (Phi) is 10.9. The lowest BCUT2D eigenvalue weighted by Crippen LogP contribution is -2.38. The number of likely N-dealkylation sites (N-methyl/N-ethyl adjacent to an activating group) is 2. The Balaban J connectivity index is 3.73. The third-order valence-electron chi connectivity index (χ3n) is 3.20. The molecular weight excluding hydrogens is 214 g/mol. The highest BCUT2D eigenvalue weighted by Gasteiger charge is 2.09. The predicted molar refractivity (Wildman–Crippen MR) is 74.5 cm³/mol. The average Bonchev–Trinajstić information content (AvgIpc) is 2.33. The van der Waals surface area contributed by atoms with Gasteiger partial charge in [0, 0.05) is 13.1 Å². The van der Waals surface area contributed by atoms with Crippen LogP contribution in [0.1, 0.15) is 27.2 Å². The summed E-state index contributed by atoms with van der Waals surface area (Å²) < 4.78 is 0. The van der Waals surface area contributed by atoms with Crippen molar-refractivity contribution in [1.29, 1.82) is 0 Å². The van der Waals surface area contributed by atoms with Gasteiger partial charge in [-0.3, -0.25) is 0 Å². The summed E-state index contributed by atoms with van der Waals surface area (Å²) in [5, 5.41) is 12.7. The van der Waals surface area contributed by atoms with Crippen LogP contribution >= 0.6 is 0 Å². The molecule has 0 rings (SSSR count). The van der Waals surface area contributed by atoms with Gasteiger partial charge in [-0.15, -0.1) is 0 Å². The van der Waals surface area contributed by atoms with E-state index in [1.54, 1.807) is 0 Å². The molecule has 1 atom stereocenters. The summed E-state index contributed by atoms with van der Waals surface area (Å²) in [6.07, 6.45) is 0.926. The first-order valence-electron chi connectivity index (χ1n) is 6.95. The van der Waals surface area contributed by atoms with E-state index in [1.165, 1.54) is 6.42 Å². The molecule has 1 unspecified atom stereocenters. The van der Waals surface area contributed by atoms with Gasteiger partial charge in [-0.05, 0) is 46.2 Å². The van der Waals surface area contributed by atoms with Crippen LogP contribution in [0.25, 0.3) is 0 Å². The maximum absolute atomic E-state index is 9.74. The first kappa shape index (κ1) is 16.8. The number of rotatable bonds is 11. The molecule has 0 saturated carbocycles. The first-order valence-corrected chi connectivity index (χ1v) is 6.95. The predicted octanol–water partition coefficient (Wildman–Crippen LogP) is 0.621. The molecule has 0 spiro atoms. The normalized spacial score (nSPS) is 13.6. The summed E-state index contributed by atoms with van der Waals surface area (Å²) in [4.78, 5) is 4.77. The smallest absolute Gasteiger partial charge is 0.0791 e. The van der Waals surface area contributed by atoms with Gasteiger partial charge in [0.15, 0.2) is 0 Å². The Morgan fingerprint density at radius 1 is 1.00 bits per heavy atom. The van der Waals surface area contributed by atoms with Crippen molar-refractivity contribution < 1.29 is 5.11 Å². The highest BCUT2D eigenvalue weighted by molar-refractivity contribution is 4.66. The molecule has 0 aromatic rings. The van der Waals surface area contributed by atoms with Gasteiger partial charge in [-0.1, -0.05) is 20.8 Å². The van der Waals surface area contributed by atoms with Crippen LogP contribution in [0.15, 0.2) is 0 Å². The number of aliphatic hydroxyl groups excluding tert-OH is 1. The van der Waals surface area contributed by atoms with E-state index < -0.39 is 0 Å². The average molecular weight is 245 g/mol. The summed E-state index contributed by atoms with van der Waals surface area (Å²) in [7, 11) is 1.87. The molecule has 0 heterocycles. The van der Waals surface area contributed by atoms with Crippen molar-refractivity contribution in [3.8, 4) is 0 Å². The van der Waals surface area contributed by atoms with Crippen LogP contribution in [0.3, 0.4) is 0 Å². The molecule has 0 aromatic heterocycles. The van der Waals surface area contributed by atoms with E-state index in [9.17, 15) is 5.11 Å². The van der Waals surface area contributed by atoms with E-state index in [-0.39, 0.29) is 6.10 Å². The standard InChI is InChI=1S/C13H31N3O/c1-5-15(6-2)9-8-10-16(7-3)12-13(17)11-14-4/h13-14,17H,5-12H2,1-4H3. The van der Waals surface area contributed by atoms with Crippen molar-refractivity contribution in [3.05, 3.63) is 0 Å². The molecule has 0 bridgehead atoms. The fourth-order valence-corrected chi connectivity index (χ4v) is 2.03. The third-order valence-corrected chi connectivity index (χ3v) is 3.20. The van der Waals surface area contributed by atoms with Gasteiger partial charge in [0.25, 0.3) is 0 Å². The van der Waals surface area contributed by atoms with E-state index >= 15 is 0 Å². The monoisotopic (exact) mass is 245 g/mol. The number of hydrogen-bond donors (Lipinski definition) is 2. The van der Waals surface area contributed by atoms with Crippen LogP contribution in [0.5, 0.6) is 0 Å².